The van der Waals surface area contributed by atoms with Crippen molar-refractivity contribution in [2.24, 2.45) is 0 Å². The summed E-state index contributed by atoms with van der Waals surface area (Å²) in [5.74, 6) is -1.04. The van der Waals surface area contributed by atoms with Crippen LogP contribution in [0.3, 0.4) is 0 Å². The molecule has 1 atom stereocenters. The van der Waals surface area contributed by atoms with Crippen molar-refractivity contribution in [3.8, 4) is 0 Å². The number of rotatable bonds is 3. The first kappa shape index (κ1) is 13.1. The molecule has 0 saturated heterocycles. The molecule has 0 fully saturated rings. The van der Waals surface area contributed by atoms with Gasteiger partial charge in [-0.05, 0) is 17.7 Å². The van der Waals surface area contributed by atoms with Crippen LogP contribution in [0.1, 0.15) is 21.3 Å². The molecule has 1 unspecified atom stereocenters. The molecule has 0 radical (unpaired) electrons. The van der Waals surface area contributed by atoms with Gasteiger partial charge >= 0.3 is 0 Å². The zero-order chi connectivity index (χ0) is 13.1. The highest BCUT2D eigenvalue weighted by molar-refractivity contribution is 6.39. The molecular weight excluding hydrogens is 274 g/mol. The maximum Gasteiger partial charge on any atom is 0.186 e. The Balaban J connectivity index is 2.35. The largest absolute Gasteiger partial charge is 0.292 e. The molecule has 0 aliphatic carbocycles. The summed E-state index contributed by atoms with van der Waals surface area (Å²) in [5, 5.41) is -1.06. The standard InChI is InChI=1S/C14H9Cl2FO/c15-12(9-5-2-1-3-6-9)14(18)10-7-4-8-11(17)13(10)16/h1-8,12H. The van der Waals surface area contributed by atoms with Crippen LogP contribution in [0.2, 0.25) is 5.02 Å². The fourth-order valence-corrected chi connectivity index (χ4v) is 2.09. The smallest absolute Gasteiger partial charge is 0.186 e. The zero-order valence-corrected chi connectivity index (χ0v) is 10.8. The average Bonchev–Trinajstić information content (AvgIpc) is 2.41. The maximum atomic E-state index is 13.3. The van der Waals surface area contributed by atoms with Gasteiger partial charge in [0.1, 0.15) is 11.2 Å². The van der Waals surface area contributed by atoms with Crippen molar-refractivity contribution in [3.63, 3.8) is 0 Å². The predicted molar refractivity (Wildman–Crippen MR) is 70.8 cm³/mol. The van der Waals surface area contributed by atoms with Gasteiger partial charge in [-0.15, -0.1) is 11.6 Å². The Kier molecular flexibility index (Phi) is 4.00. The minimum atomic E-state index is -0.870. The van der Waals surface area contributed by atoms with Gasteiger partial charge in [0.25, 0.3) is 0 Å². The Bertz CT molecular complexity index is 569. The third-order valence-corrected chi connectivity index (χ3v) is 3.37. The number of ketones is 1. The molecule has 18 heavy (non-hydrogen) atoms. The van der Waals surface area contributed by atoms with Gasteiger partial charge in [0.2, 0.25) is 0 Å². The first-order valence-electron chi connectivity index (χ1n) is 5.28. The molecule has 0 N–H and O–H groups in total. The normalized spacial score (nSPS) is 12.2. The Morgan fingerprint density at radius 3 is 2.39 bits per heavy atom. The number of alkyl halides is 1. The van der Waals surface area contributed by atoms with E-state index in [2.05, 4.69) is 0 Å². The first-order valence-corrected chi connectivity index (χ1v) is 6.10. The summed E-state index contributed by atoms with van der Waals surface area (Å²) < 4.78 is 13.3. The molecule has 0 bridgehead atoms. The van der Waals surface area contributed by atoms with Crippen molar-refractivity contribution in [1.29, 1.82) is 0 Å². The molecule has 0 saturated carbocycles. The second kappa shape index (κ2) is 5.51. The lowest BCUT2D eigenvalue weighted by molar-refractivity contribution is 0.0987. The van der Waals surface area contributed by atoms with Gasteiger partial charge in [0.05, 0.1) is 5.02 Å². The average molecular weight is 283 g/mol. The Labute approximate surface area is 114 Å². The van der Waals surface area contributed by atoms with Crippen LogP contribution < -0.4 is 0 Å². The number of carbonyl (C=O) groups is 1. The highest BCUT2D eigenvalue weighted by Crippen LogP contribution is 2.29. The minimum Gasteiger partial charge on any atom is -0.292 e. The van der Waals surface area contributed by atoms with E-state index >= 15 is 0 Å². The van der Waals surface area contributed by atoms with Crippen LogP contribution in [0.4, 0.5) is 4.39 Å². The van der Waals surface area contributed by atoms with Crippen LogP contribution in [-0.4, -0.2) is 5.78 Å². The van der Waals surface area contributed by atoms with E-state index in [1.807, 2.05) is 6.07 Å². The van der Waals surface area contributed by atoms with Crippen LogP contribution in [0.5, 0.6) is 0 Å². The molecular formula is C14H9Cl2FO. The molecule has 2 rings (SSSR count). The van der Waals surface area contributed by atoms with Gasteiger partial charge in [-0.2, -0.15) is 0 Å². The molecule has 92 valence electrons. The molecule has 1 nitrogen and oxygen atoms in total. The van der Waals surface area contributed by atoms with Gasteiger partial charge in [0, 0.05) is 5.56 Å². The molecule has 0 aliphatic heterocycles. The van der Waals surface area contributed by atoms with Gasteiger partial charge in [0.15, 0.2) is 5.78 Å². The second-order valence-corrected chi connectivity index (χ2v) is 4.55. The third-order valence-electron chi connectivity index (χ3n) is 2.54. The van der Waals surface area contributed by atoms with E-state index in [9.17, 15) is 9.18 Å². The minimum absolute atomic E-state index is 0.0977. The Hall–Kier alpha value is -1.38. The topological polar surface area (TPSA) is 17.1 Å². The predicted octanol–water partition coefficient (Wildman–Crippen LogP) is 4.64. The van der Waals surface area contributed by atoms with Crippen LogP contribution >= 0.6 is 23.2 Å². The number of carbonyl (C=O) groups excluding carboxylic acids is 1. The molecule has 0 heterocycles. The van der Waals surface area contributed by atoms with Crippen LogP contribution in [0, 0.1) is 5.82 Å². The van der Waals surface area contributed by atoms with Gasteiger partial charge < -0.3 is 0 Å². The quantitative estimate of drug-likeness (QED) is 0.592. The Morgan fingerprint density at radius 2 is 1.72 bits per heavy atom. The molecule has 0 amide bonds. The molecule has 4 heteroatoms. The SMILES string of the molecule is O=C(c1cccc(F)c1Cl)C(Cl)c1ccccc1. The van der Waals surface area contributed by atoms with E-state index in [1.54, 1.807) is 24.3 Å². The van der Waals surface area contributed by atoms with Crippen molar-refractivity contribution in [2.45, 2.75) is 5.38 Å². The maximum absolute atomic E-state index is 13.3. The highest BCUT2D eigenvalue weighted by Gasteiger charge is 2.22. The number of halogens is 3. The number of hydrogen-bond donors (Lipinski definition) is 0. The number of hydrogen-bond acceptors (Lipinski definition) is 1. The van der Waals surface area contributed by atoms with Crippen molar-refractivity contribution in [3.05, 3.63) is 70.5 Å². The van der Waals surface area contributed by atoms with E-state index in [0.29, 0.717) is 5.56 Å². The van der Waals surface area contributed by atoms with E-state index in [4.69, 9.17) is 23.2 Å². The molecule has 0 aliphatic rings. The van der Waals surface area contributed by atoms with Gasteiger partial charge in [-0.3, -0.25) is 4.79 Å². The molecule has 2 aromatic rings. The summed E-state index contributed by atoms with van der Waals surface area (Å²) in [7, 11) is 0. The Morgan fingerprint density at radius 1 is 1.06 bits per heavy atom. The molecule has 0 aromatic heterocycles. The fraction of sp³-hybridized carbons (Fsp3) is 0.0714. The monoisotopic (exact) mass is 282 g/mol. The van der Waals surface area contributed by atoms with Gasteiger partial charge in [-0.1, -0.05) is 48.0 Å². The highest BCUT2D eigenvalue weighted by atomic mass is 35.5. The molecule has 2 aromatic carbocycles. The summed E-state index contributed by atoms with van der Waals surface area (Å²) in [4.78, 5) is 12.1. The van der Waals surface area contributed by atoms with E-state index in [1.165, 1.54) is 18.2 Å². The first-order chi connectivity index (χ1) is 8.61. The number of Topliss-reactive ketones (excluding diaryl/α,β-unsaturated/α-hetero) is 1. The van der Waals surface area contributed by atoms with Crippen LogP contribution in [-0.2, 0) is 0 Å². The van der Waals surface area contributed by atoms with Crippen LogP contribution in [0.15, 0.2) is 48.5 Å². The number of benzene rings is 2. The van der Waals surface area contributed by atoms with Crippen molar-refractivity contribution in [2.75, 3.05) is 0 Å². The van der Waals surface area contributed by atoms with Crippen LogP contribution in [0.25, 0.3) is 0 Å². The summed E-state index contributed by atoms with van der Waals surface area (Å²) in [6, 6.07) is 13.0. The zero-order valence-electron chi connectivity index (χ0n) is 9.24. The lowest BCUT2D eigenvalue weighted by atomic mass is 10.0. The lowest BCUT2D eigenvalue weighted by Crippen LogP contribution is -2.08. The summed E-state index contributed by atoms with van der Waals surface area (Å²) in [6.45, 7) is 0. The second-order valence-electron chi connectivity index (χ2n) is 3.74. The van der Waals surface area contributed by atoms with Gasteiger partial charge in [-0.25, -0.2) is 4.39 Å². The van der Waals surface area contributed by atoms with E-state index in [-0.39, 0.29) is 10.6 Å². The van der Waals surface area contributed by atoms with Crippen molar-refractivity contribution in [1.82, 2.24) is 0 Å². The summed E-state index contributed by atoms with van der Waals surface area (Å²) in [6.07, 6.45) is 0. The van der Waals surface area contributed by atoms with E-state index < -0.39 is 17.0 Å². The lowest BCUT2D eigenvalue weighted by Gasteiger charge is -2.10. The molecule has 0 spiro atoms. The summed E-state index contributed by atoms with van der Waals surface area (Å²) >= 11 is 11.9. The van der Waals surface area contributed by atoms with E-state index in [0.717, 1.165) is 0 Å². The fourth-order valence-electron chi connectivity index (χ4n) is 1.60. The summed E-state index contributed by atoms with van der Waals surface area (Å²) in [5.41, 5.74) is 0.755. The third kappa shape index (κ3) is 2.55. The van der Waals surface area contributed by atoms with Crippen molar-refractivity contribution >= 4 is 29.0 Å². The van der Waals surface area contributed by atoms with Crippen molar-refractivity contribution < 1.29 is 9.18 Å².